The number of nitrogens with one attached hydrogen (secondary N) is 3. The minimum absolute atomic E-state index is 0.00585. The zero-order chi connectivity index (χ0) is 26.3. The van der Waals surface area contributed by atoms with Gasteiger partial charge < -0.3 is 49.1 Å². The van der Waals surface area contributed by atoms with Gasteiger partial charge in [-0.3, -0.25) is 24.2 Å². The first-order valence-corrected chi connectivity index (χ1v) is 11.6. The fourth-order valence-electron chi connectivity index (χ4n) is 2.59. The summed E-state index contributed by atoms with van der Waals surface area (Å²) in [4.78, 5) is 63.5. The summed E-state index contributed by atoms with van der Waals surface area (Å²) in [6.45, 7) is -0.681. The summed E-state index contributed by atoms with van der Waals surface area (Å²) in [6, 6.07) is -5.20. The molecule has 4 atom stereocenters. The van der Waals surface area contributed by atoms with Crippen molar-refractivity contribution in [1.82, 2.24) is 16.0 Å². The summed E-state index contributed by atoms with van der Waals surface area (Å²) in [5.74, 6) is -4.36. The highest BCUT2D eigenvalue weighted by Crippen LogP contribution is 2.04. The van der Waals surface area contributed by atoms with E-state index in [1.807, 2.05) is 0 Å². The number of carboxylic acids is 1. The molecular weight excluding hydrogens is 472 g/mol. The summed E-state index contributed by atoms with van der Waals surface area (Å²) in [7, 11) is 0. The molecule has 34 heavy (non-hydrogen) atoms. The van der Waals surface area contributed by atoms with Crippen molar-refractivity contribution in [2.75, 3.05) is 25.2 Å². The van der Waals surface area contributed by atoms with Crippen LogP contribution >= 0.6 is 11.8 Å². The highest BCUT2D eigenvalue weighted by molar-refractivity contribution is 7.98. The topological polar surface area (TPSA) is 278 Å². The van der Waals surface area contributed by atoms with E-state index in [-0.39, 0.29) is 31.8 Å². The van der Waals surface area contributed by atoms with Gasteiger partial charge in [-0.25, -0.2) is 4.79 Å². The molecule has 0 aliphatic heterocycles. The minimum atomic E-state index is -1.49. The maximum Gasteiger partial charge on any atom is 0.326 e. The number of aliphatic imine (C=N–C) groups is 1. The van der Waals surface area contributed by atoms with Crippen molar-refractivity contribution in [3.8, 4) is 0 Å². The maximum atomic E-state index is 12.7. The fraction of sp³-hybridized carbons (Fsp3) is 0.667. The number of carbonyl (C=O) groups is 5. The summed E-state index contributed by atoms with van der Waals surface area (Å²) in [6.07, 6.45) is 1.75. The van der Waals surface area contributed by atoms with E-state index in [1.165, 1.54) is 11.8 Å². The number of aliphatic hydroxyl groups is 1. The number of nitrogens with two attached hydrogens (primary N) is 4. The second-order valence-corrected chi connectivity index (χ2v) is 8.20. The number of amides is 4. The Kier molecular flexibility index (Phi) is 15.0. The summed E-state index contributed by atoms with van der Waals surface area (Å²) in [5.41, 5.74) is 21.0. The van der Waals surface area contributed by atoms with E-state index in [1.54, 1.807) is 6.26 Å². The molecule has 0 radical (unpaired) electrons. The third-order valence-corrected chi connectivity index (χ3v) is 5.02. The number of hydrogen-bond acceptors (Lipinski definition) is 9. The van der Waals surface area contributed by atoms with Gasteiger partial charge in [-0.1, -0.05) is 0 Å². The first kappa shape index (κ1) is 30.9. The largest absolute Gasteiger partial charge is 0.480 e. The van der Waals surface area contributed by atoms with Crippen molar-refractivity contribution in [1.29, 1.82) is 0 Å². The number of thioether (sulfide) groups is 1. The van der Waals surface area contributed by atoms with E-state index in [2.05, 4.69) is 20.9 Å². The number of carboxylic acid groups (broad SMARTS) is 1. The molecule has 16 heteroatoms. The van der Waals surface area contributed by atoms with Gasteiger partial charge in [0.15, 0.2) is 5.96 Å². The van der Waals surface area contributed by atoms with E-state index in [4.69, 9.17) is 22.9 Å². The van der Waals surface area contributed by atoms with Gasteiger partial charge in [-0.05, 0) is 31.3 Å². The van der Waals surface area contributed by atoms with Crippen LogP contribution in [0.1, 0.15) is 25.7 Å². The van der Waals surface area contributed by atoms with E-state index in [9.17, 15) is 34.2 Å². The van der Waals surface area contributed by atoms with Gasteiger partial charge in [0.2, 0.25) is 23.6 Å². The van der Waals surface area contributed by atoms with Crippen molar-refractivity contribution in [3.63, 3.8) is 0 Å². The highest BCUT2D eigenvalue weighted by atomic mass is 32.2. The van der Waals surface area contributed by atoms with Crippen molar-refractivity contribution in [3.05, 3.63) is 0 Å². The van der Waals surface area contributed by atoms with Gasteiger partial charge in [0.25, 0.3) is 0 Å². The molecule has 4 unspecified atom stereocenters. The lowest BCUT2D eigenvalue weighted by molar-refractivity contribution is -0.142. The van der Waals surface area contributed by atoms with Crippen LogP contribution < -0.4 is 38.9 Å². The van der Waals surface area contributed by atoms with E-state index in [0.717, 1.165) is 0 Å². The Balaban J connectivity index is 5.16. The lowest BCUT2D eigenvalue weighted by Crippen LogP contribution is -2.58. The molecule has 0 aromatic heterocycles. The van der Waals surface area contributed by atoms with Crippen LogP contribution in [0.4, 0.5) is 0 Å². The molecule has 0 rings (SSSR count). The molecule has 0 saturated carbocycles. The fourth-order valence-corrected chi connectivity index (χ4v) is 3.06. The lowest BCUT2D eigenvalue weighted by Gasteiger charge is -2.24. The molecule has 15 nitrogen and oxygen atoms in total. The molecule has 0 aliphatic carbocycles. The normalized spacial score (nSPS) is 14.1. The second-order valence-electron chi connectivity index (χ2n) is 7.21. The Morgan fingerprint density at radius 1 is 0.912 bits per heavy atom. The van der Waals surface area contributed by atoms with Crippen LogP contribution in [-0.2, 0) is 24.0 Å². The number of primary amides is 1. The second kappa shape index (κ2) is 16.5. The molecule has 194 valence electrons. The monoisotopic (exact) mass is 506 g/mol. The van der Waals surface area contributed by atoms with Crippen molar-refractivity contribution in [2.24, 2.45) is 27.9 Å². The quantitative estimate of drug-likeness (QED) is 0.0515. The predicted octanol–water partition coefficient (Wildman–Crippen LogP) is -4.47. The number of rotatable bonds is 17. The Morgan fingerprint density at radius 2 is 1.47 bits per heavy atom. The molecule has 13 N–H and O–H groups in total. The van der Waals surface area contributed by atoms with Gasteiger partial charge in [-0.2, -0.15) is 11.8 Å². The molecule has 0 saturated heterocycles. The average Bonchev–Trinajstić information content (AvgIpc) is 2.75. The Morgan fingerprint density at radius 3 is 1.97 bits per heavy atom. The lowest BCUT2D eigenvalue weighted by atomic mass is 10.1. The van der Waals surface area contributed by atoms with Crippen molar-refractivity contribution in [2.45, 2.75) is 49.9 Å². The van der Waals surface area contributed by atoms with Gasteiger partial charge in [0.05, 0.1) is 19.1 Å². The Bertz CT molecular complexity index is 748. The number of carbonyl (C=O) groups excluding carboxylic acids is 4. The van der Waals surface area contributed by atoms with Crippen molar-refractivity contribution < 1.29 is 34.2 Å². The molecule has 0 aromatic carbocycles. The Hall–Kier alpha value is -3.11. The van der Waals surface area contributed by atoms with E-state index < -0.39 is 66.8 Å². The summed E-state index contributed by atoms with van der Waals surface area (Å²) < 4.78 is 0. The number of nitrogens with zero attached hydrogens (tertiary/aromatic N) is 1. The molecule has 0 aromatic rings. The van der Waals surface area contributed by atoms with Gasteiger partial charge in [0, 0.05) is 6.54 Å². The van der Waals surface area contributed by atoms with Crippen LogP contribution in [0.15, 0.2) is 4.99 Å². The number of aliphatic hydroxyl groups excluding tert-OH is 1. The summed E-state index contributed by atoms with van der Waals surface area (Å²) >= 11 is 1.39. The van der Waals surface area contributed by atoms with Crippen LogP contribution in [0, 0.1) is 0 Å². The van der Waals surface area contributed by atoms with Crippen LogP contribution in [0.3, 0.4) is 0 Å². The number of aliphatic carboxylic acids is 1. The van der Waals surface area contributed by atoms with Gasteiger partial charge in [0.1, 0.15) is 18.1 Å². The van der Waals surface area contributed by atoms with E-state index in [0.29, 0.717) is 5.75 Å². The molecular formula is C18H34N8O7S. The van der Waals surface area contributed by atoms with Gasteiger partial charge >= 0.3 is 5.97 Å². The van der Waals surface area contributed by atoms with Crippen molar-refractivity contribution >= 4 is 47.3 Å². The third kappa shape index (κ3) is 12.8. The van der Waals surface area contributed by atoms with Crippen LogP contribution in [0.25, 0.3) is 0 Å². The zero-order valence-corrected chi connectivity index (χ0v) is 19.7. The number of hydrogen-bond donors (Lipinski definition) is 9. The first-order valence-electron chi connectivity index (χ1n) is 10.3. The molecule has 0 fully saturated rings. The predicted molar refractivity (Wildman–Crippen MR) is 125 cm³/mol. The standard InChI is InChI=1S/C18H34N8O7S/c1-34-6-4-10(24-14(29)9(19)7-13(20)28)15(30)26-12(8-27)16(31)25-11(17(32)33)3-2-5-23-18(21)22/h9-12,27H,2-8,19H2,1H3,(H2,20,28)(H,24,29)(H,25,31)(H,26,30)(H,32,33)(H4,21,22,23). The average molecular weight is 507 g/mol. The molecule has 0 aliphatic rings. The highest BCUT2D eigenvalue weighted by Gasteiger charge is 2.30. The molecule has 0 bridgehead atoms. The minimum Gasteiger partial charge on any atom is -0.480 e. The smallest absolute Gasteiger partial charge is 0.326 e. The summed E-state index contributed by atoms with van der Waals surface area (Å²) in [5, 5.41) is 25.8. The van der Waals surface area contributed by atoms with Crippen LogP contribution in [-0.4, -0.2) is 95.1 Å². The van der Waals surface area contributed by atoms with E-state index >= 15 is 0 Å². The zero-order valence-electron chi connectivity index (χ0n) is 18.9. The molecule has 0 heterocycles. The molecule has 0 spiro atoms. The maximum absolute atomic E-state index is 12.7. The first-order chi connectivity index (χ1) is 15.9. The van der Waals surface area contributed by atoms with Gasteiger partial charge in [-0.15, -0.1) is 0 Å². The van der Waals surface area contributed by atoms with Crippen LogP contribution in [0.2, 0.25) is 0 Å². The number of guanidine groups is 1. The SMILES string of the molecule is CSCCC(NC(=O)C(N)CC(N)=O)C(=O)NC(CO)C(=O)NC(CCCN=C(N)N)C(=O)O. The van der Waals surface area contributed by atoms with Crippen LogP contribution in [0.5, 0.6) is 0 Å². The third-order valence-electron chi connectivity index (χ3n) is 4.38. The molecule has 4 amide bonds. The Labute approximate surface area is 200 Å².